The van der Waals surface area contributed by atoms with Crippen LogP contribution in [0.1, 0.15) is 13.8 Å². The van der Waals surface area contributed by atoms with E-state index in [2.05, 4.69) is 0 Å². The maximum Gasteiger partial charge on any atom is 0.255 e. The number of amides is 1. The Balaban J connectivity index is 2.74. The highest BCUT2D eigenvalue weighted by Gasteiger charge is 2.37. The lowest BCUT2D eigenvalue weighted by atomic mass is 10.1. The highest BCUT2D eigenvalue weighted by molar-refractivity contribution is 5.85. The zero-order chi connectivity index (χ0) is 7.07. The summed E-state index contributed by atoms with van der Waals surface area (Å²) in [6, 6.07) is 0. The third-order valence-electron chi connectivity index (χ3n) is 1.48. The van der Waals surface area contributed by atoms with Crippen molar-refractivity contribution in [1.29, 1.82) is 0 Å². The lowest BCUT2D eigenvalue weighted by molar-refractivity contribution is -0.133. The smallest absolute Gasteiger partial charge is 0.255 e. The molecule has 1 rings (SSSR count). The predicted molar refractivity (Wildman–Crippen MR) is 32.8 cm³/mol. The molecule has 1 fully saturated rings. The van der Waals surface area contributed by atoms with Gasteiger partial charge in [-0.15, -0.1) is 0 Å². The lowest BCUT2D eigenvalue weighted by Crippen LogP contribution is -2.33. The first-order valence-electron chi connectivity index (χ1n) is 2.93. The van der Waals surface area contributed by atoms with E-state index >= 15 is 0 Å². The Hall–Kier alpha value is -0.570. The fourth-order valence-electron chi connectivity index (χ4n) is 0.838. The number of hydrogen-bond donors (Lipinski definition) is 0. The number of rotatable bonds is 0. The van der Waals surface area contributed by atoms with Crippen molar-refractivity contribution in [2.24, 2.45) is 0 Å². The van der Waals surface area contributed by atoms with E-state index in [1.165, 1.54) is 0 Å². The van der Waals surface area contributed by atoms with Gasteiger partial charge < -0.3 is 9.64 Å². The van der Waals surface area contributed by atoms with Crippen molar-refractivity contribution in [2.45, 2.75) is 19.4 Å². The van der Waals surface area contributed by atoms with Gasteiger partial charge in [0.1, 0.15) is 12.3 Å². The van der Waals surface area contributed by atoms with Crippen LogP contribution in [0.5, 0.6) is 0 Å². The van der Waals surface area contributed by atoms with E-state index < -0.39 is 5.60 Å². The van der Waals surface area contributed by atoms with Gasteiger partial charge in [-0.25, -0.2) is 0 Å². The molecule has 9 heavy (non-hydrogen) atoms. The maximum absolute atomic E-state index is 11.0. The van der Waals surface area contributed by atoms with E-state index in [-0.39, 0.29) is 5.91 Å². The number of hydrogen-bond acceptors (Lipinski definition) is 2. The van der Waals surface area contributed by atoms with Crippen molar-refractivity contribution in [3.05, 3.63) is 0 Å². The van der Waals surface area contributed by atoms with Crippen LogP contribution in [0.2, 0.25) is 0 Å². The van der Waals surface area contributed by atoms with Crippen LogP contribution in [0.3, 0.4) is 0 Å². The summed E-state index contributed by atoms with van der Waals surface area (Å²) >= 11 is 0. The average molecular weight is 129 g/mol. The van der Waals surface area contributed by atoms with Gasteiger partial charge in [-0.05, 0) is 13.8 Å². The van der Waals surface area contributed by atoms with Gasteiger partial charge in [-0.3, -0.25) is 4.79 Å². The standard InChI is InChI=1S/C6H11NO2/c1-6(2)5(8)7(3)4-9-6/h4H2,1-3H3. The zero-order valence-corrected chi connectivity index (χ0v) is 5.97. The molecule has 3 heteroatoms. The van der Waals surface area contributed by atoms with E-state index in [4.69, 9.17) is 4.74 Å². The van der Waals surface area contributed by atoms with Crippen LogP contribution >= 0.6 is 0 Å². The van der Waals surface area contributed by atoms with Crippen LogP contribution in [-0.4, -0.2) is 30.2 Å². The molecule has 52 valence electrons. The first-order valence-corrected chi connectivity index (χ1v) is 2.93. The quantitative estimate of drug-likeness (QED) is 0.468. The van der Waals surface area contributed by atoms with Gasteiger partial charge in [0.15, 0.2) is 0 Å². The molecular weight excluding hydrogens is 118 g/mol. The molecule has 1 heterocycles. The molecule has 0 N–H and O–H groups in total. The van der Waals surface area contributed by atoms with Gasteiger partial charge in [-0.1, -0.05) is 0 Å². The summed E-state index contributed by atoms with van der Waals surface area (Å²) in [4.78, 5) is 12.6. The third kappa shape index (κ3) is 0.920. The van der Waals surface area contributed by atoms with Crippen LogP contribution in [0.4, 0.5) is 0 Å². The van der Waals surface area contributed by atoms with Gasteiger partial charge in [0.05, 0.1) is 0 Å². The number of nitrogens with zero attached hydrogens (tertiary/aromatic N) is 1. The Labute approximate surface area is 54.6 Å². The third-order valence-corrected chi connectivity index (χ3v) is 1.48. The highest BCUT2D eigenvalue weighted by Crippen LogP contribution is 2.18. The van der Waals surface area contributed by atoms with Gasteiger partial charge in [0.25, 0.3) is 5.91 Å². The molecule has 0 saturated carbocycles. The Bertz CT molecular complexity index is 142. The van der Waals surface area contributed by atoms with Crippen LogP contribution in [0, 0.1) is 0 Å². The number of carbonyl (C=O) groups excluding carboxylic acids is 1. The summed E-state index contributed by atoms with van der Waals surface area (Å²) in [7, 11) is 1.73. The first kappa shape index (κ1) is 6.55. The van der Waals surface area contributed by atoms with Crippen LogP contribution in [0.25, 0.3) is 0 Å². The van der Waals surface area contributed by atoms with Crippen LogP contribution in [0.15, 0.2) is 0 Å². The second kappa shape index (κ2) is 1.70. The second-order valence-electron chi connectivity index (χ2n) is 2.79. The van der Waals surface area contributed by atoms with E-state index in [0.29, 0.717) is 6.73 Å². The Morgan fingerprint density at radius 2 is 2.22 bits per heavy atom. The lowest BCUT2D eigenvalue weighted by Gasteiger charge is -2.12. The molecule has 3 nitrogen and oxygen atoms in total. The van der Waals surface area contributed by atoms with E-state index in [9.17, 15) is 4.79 Å². The van der Waals surface area contributed by atoms with Crippen LogP contribution in [-0.2, 0) is 9.53 Å². The van der Waals surface area contributed by atoms with Gasteiger partial charge in [-0.2, -0.15) is 0 Å². The summed E-state index contributed by atoms with van der Waals surface area (Å²) in [6.07, 6.45) is 0. The van der Waals surface area contributed by atoms with Crippen molar-refractivity contribution in [1.82, 2.24) is 4.90 Å². The molecule has 0 aromatic rings. The summed E-state index contributed by atoms with van der Waals surface area (Å²) in [5.41, 5.74) is -0.589. The molecule has 0 bridgehead atoms. The summed E-state index contributed by atoms with van der Waals surface area (Å²) < 4.78 is 5.14. The monoisotopic (exact) mass is 129 g/mol. The zero-order valence-electron chi connectivity index (χ0n) is 5.97. The fourth-order valence-corrected chi connectivity index (χ4v) is 0.838. The van der Waals surface area contributed by atoms with Crippen molar-refractivity contribution in [3.63, 3.8) is 0 Å². The molecular formula is C6H11NO2. The fraction of sp³-hybridized carbons (Fsp3) is 0.833. The maximum atomic E-state index is 11.0. The first-order chi connectivity index (χ1) is 4.04. The number of ether oxygens (including phenoxy) is 1. The van der Waals surface area contributed by atoms with Crippen LogP contribution < -0.4 is 0 Å². The summed E-state index contributed by atoms with van der Waals surface area (Å²) in [5, 5.41) is 0. The topological polar surface area (TPSA) is 29.5 Å². The van der Waals surface area contributed by atoms with Crippen molar-refractivity contribution < 1.29 is 9.53 Å². The molecule has 1 amide bonds. The van der Waals surface area contributed by atoms with E-state index in [1.54, 1.807) is 25.8 Å². The Kier molecular flexibility index (Phi) is 1.24. The normalized spacial score (nSPS) is 25.2. The number of carbonyl (C=O) groups is 1. The number of likely N-dealkylation sites (N-methyl/N-ethyl adjacent to an activating group) is 1. The van der Waals surface area contributed by atoms with Crippen molar-refractivity contribution >= 4 is 5.91 Å². The molecule has 1 aliphatic rings. The van der Waals surface area contributed by atoms with E-state index in [1.807, 2.05) is 0 Å². The predicted octanol–water partition coefficient (Wildman–Crippen LogP) is 0.211. The molecule has 1 saturated heterocycles. The minimum absolute atomic E-state index is 0.0579. The molecule has 0 aromatic carbocycles. The molecule has 0 radical (unpaired) electrons. The Morgan fingerprint density at radius 3 is 2.33 bits per heavy atom. The Morgan fingerprint density at radius 1 is 1.67 bits per heavy atom. The average Bonchev–Trinajstić information content (AvgIpc) is 1.97. The van der Waals surface area contributed by atoms with E-state index in [0.717, 1.165) is 0 Å². The molecule has 0 aromatic heterocycles. The van der Waals surface area contributed by atoms with Gasteiger partial charge in [0.2, 0.25) is 0 Å². The molecule has 0 atom stereocenters. The highest BCUT2D eigenvalue weighted by atomic mass is 16.5. The SMILES string of the molecule is CN1COC(C)(C)C1=O. The molecule has 1 aliphatic heterocycles. The summed E-state index contributed by atoms with van der Waals surface area (Å²) in [5.74, 6) is 0.0579. The molecule has 0 unspecified atom stereocenters. The van der Waals surface area contributed by atoms with Gasteiger partial charge >= 0.3 is 0 Å². The summed E-state index contributed by atoms with van der Waals surface area (Å²) in [6.45, 7) is 3.98. The largest absolute Gasteiger partial charge is 0.345 e. The van der Waals surface area contributed by atoms with Crippen molar-refractivity contribution in [2.75, 3.05) is 13.8 Å². The second-order valence-corrected chi connectivity index (χ2v) is 2.79. The van der Waals surface area contributed by atoms with Crippen molar-refractivity contribution in [3.8, 4) is 0 Å². The molecule has 0 spiro atoms. The minimum atomic E-state index is -0.589. The molecule has 0 aliphatic carbocycles. The minimum Gasteiger partial charge on any atom is -0.345 e. The van der Waals surface area contributed by atoms with Gasteiger partial charge in [0, 0.05) is 7.05 Å².